The second kappa shape index (κ2) is 9.11. The van der Waals surface area contributed by atoms with E-state index in [1.54, 1.807) is 17.1 Å². The Balaban J connectivity index is 1.58. The van der Waals surface area contributed by atoms with Crippen LogP contribution in [0.4, 0.5) is 16.2 Å². The highest BCUT2D eigenvalue weighted by Gasteiger charge is 2.10. The van der Waals surface area contributed by atoms with E-state index < -0.39 is 6.10 Å². The van der Waals surface area contributed by atoms with Crippen molar-refractivity contribution in [3.63, 3.8) is 0 Å². The molecule has 0 bridgehead atoms. The van der Waals surface area contributed by atoms with Gasteiger partial charge in [-0.05, 0) is 44.3 Å². The van der Waals surface area contributed by atoms with Crippen LogP contribution in [0.5, 0.6) is 0 Å². The fourth-order valence-electron chi connectivity index (χ4n) is 3.35. The van der Waals surface area contributed by atoms with Crippen molar-refractivity contribution in [3.8, 4) is 0 Å². The van der Waals surface area contributed by atoms with Crippen LogP contribution in [0.15, 0.2) is 42.9 Å². The van der Waals surface area contributed by atoms with Crippen LogP contribution in [0.3, 0.4) is 0 Å². The summed E-state index contributed by atoms with van der Waals surface area (Å²) in [6, 6.07) is 7.62. The second-order valence-corrected chi connectivity index (χ2v) is 8.08. The van der Waals surface area contributed by atoms with Gasteiger partial charge in [-0.3, -0.25) is 4.68 Å². The number of fused-ring (bicyclic) bond motifs is 1. The summed E-state index contributed by atoms with van der Waals surface area (Å²) in [7, 11) is 3.81. The number of carbonyl (C=O) groups excluding carboxylic acids is 1. The molecule has 0 spiro atoms. The molecule has 2 aromatic heterocycles. The standard InChI is InChI=1S/C21H30N6O2/c1-15(2)11-26-8-7-16-9-17(5-6-20(16)26)23-21(29)24-18-10-22-27(12-18)14-19(28)13-25(3)4/h5-10,12,15,19,28H,11,13-14H2,1-4H3,(H2,23,24,29). The van der Waals surface area contributed by atoms with E-state index in [1.165, 1.54) is 0 Å². The maximum atomic E-state index is 12.3. The molecule has 0 radical (unpaired) electrons. The minimum Gasteiger partial charge on any atom is -0.390 e. The molecule has 0 aliphatic rings. The molecule has 0 fully saturated rings. The number of likely N-dealkylation sites (N-methyl/N-ethyl adjacent to an activating group) is 1. The smallest absolute Gasteiger partial charge is 0.323 e. The summed E-state index contributed by atoms with van der Waals surface area (Å²) in [6.45, 7) is 6.26. The fraction of sp³-hybridized carbons (Fsp3) is 0.429. The van der Waals surface area contributed by atoms with E-state index in [1.807, 2.05) is 37.2 Å². The molecule has 8 heteroatoms. The number of amides is 2. The lowest BCUT2D eigenvalue weighted by molar-refractivity contribution is 0.116. The zero-order chi connectivity index (χ0) is 21.0. The van der Waals surface area contributed by atoms with E-state index in [-0.39, 0.29) is 6.03 Å². The molecule has 3 aromatic rings. The minimum atomic E-state index is -0.527. The number of carbonyl (C=O) groups is 1. The summed E-state index contributed by atoms with van der Waals surface area (Å²) in [5, 5.41) is 20.9. The molecule has 29 heavy (non-hydrogen) atoms. The van der Waals surface area contributed by atoms with Crippen molar-refractivity contribution in [2.24, 2.45) is 5.92 Å². The number of rotatable bonds is 8. The number of urea groups is 1. The molecule has 1 unspecified atom stereocenters. The molecule has 2 amide bonds. The van der Waals surface area contributed by atoms with Crippen molar-refractivity contribution >= 4 is 28.3 Å². The van der Waals surface area contributed by atoms with Gasteiger partial charge < -0.3 is 25.2 Å². The molecule has 156 valence electrons. The maximum absolute atomic E-state index is 12.3. The Morgan fingerprint density at radius 2 is 1.93 bits per heavy atom. The molecule has 3 N–H and O–H groups in total. The molecular formula is C21H30N6O2. The first-order chi connectivity index (χ1) is 13.8. The van der Waals surface area contributed by atoms with Crippen LogP contribution >= 0.6 is 0 Å². The number of hydrogen-bond acceptors (Lipinski definition) is 4. The molecule has 0 saturated carbocycles. The van der Waals surface area contributed by atoms with Crippen LogP contribution in [0.25, 0.3) is 10.9 Å². The third-order valence-electron chi connectivity index (χ3n) is 4.46. The van der Waals surface area contributed by atoms with Crippen molar-refractivity contribution in [1.29, 1.82) is 0 Å². The summed E-state index contributed by atoms with van der Waals surface area (Å²) >= 11 is 0. The predicted octanol–water partition coefficient (Wildman–Crippen LogP) is 3.06. The molecule has 0 aliphatic heterocycles. The Morgan fingerprint density at radius 3 is 2.66 bits per heavy atom. The summed E-state index contributed by atoms with van der Waals surface area (Å²) in [5.41, 5.74) is 2.46. The number of benzene rings is 1. The Hall–Kier alpha value is -2.84. The molecule has 8 nitrogen and oxygen atoms in total. The summed E-state index contributed by atoms with van der Waals surface area (Å²) in [6.07, 6.45) is 4.82. The van der Waals surface area contributed by atoms with Gasteiger partial charge >= 0.3 is 6.03 Å². The minimum absolute atomic E-state index is 0.334. The quantitative estimate of drug-likeness (QED) is 0.544. The highest BCUT2D eigenvalue weighted by molar-refractivity contribution is 6.00. The average Bonchev–Trinajstić information content (AvgIpc) is 3.20. The van der Waals surface area contributed by atoms with Gasteiger partial charge in [-0.1, -0.05) is 13.8 Å². The van der Waals surface area contributed by atoms with Crippen LogP contribution in [-0.2, 0) is 13.1 Å². The number of nitrogens with zero attached hydrogens (tertiary/aromatic N) is 4. The summed E-state index contributed by atoms with van der Waals surface area (Å²) in [5.74, 6) is 0.569. The molecule has 0 saturated heterocycles. The van der Waals surface area contributed by atoms with Gasteiger partial charge in [0.05, 0.1) is 24.5 Å². The fourth-order valence-corrected chi connectivity index (χ4v) is 3.35. The zero-order valence-corrected chi connectivity index (χ0v) is 17.5. The van der Waals surface area contributed by atoms with Crippen molar-refractivity contribution in [2.75, 3.05) is 31.3 Å². The first-order valence-corrected chi connectivity index (χ1v) is 9.82. The van der Waals surface area contributed by atoms with Gasteiger partial charge in [0, 0.05) is 42.1 Å². The normalized spacial score (nSPS) is 12.7. The Kier molecular flexibility index (Phi) is 6.56. The van der Waals surface area contributed by atoms with Gasteiger partial charge in [0.2, 0.25) is 0 Å². The van der Waals surface area contributed by atoms with Crippen molar-refractivity contribution < 1.29 is 9.90 Å². The summed E-state index contributed by atoms with van der Waals surface area (Å²) < 4.78 is 3.84. The molecule has 0 aliphatic carbocycles. The first-order valence-electron chi connectivity index (χ1n) is 9.82. The van der Waals surface area contributed by atoms with Crippen molar-refractivity contribution in [2.45, 2.75) is 33.0 Å². The molecule has 2 heterocycles. The van der Waals surface area contributed by atoms with E-state index in [4.69, 9.17) is 0 Å². The van der Waals surface area contributed by atoms with Gasteiger partial charge in [0.25, 0.3) is 0 Å². The third-order valence-corrected chi connectivity index (χ3v) is 4.46. The predicted molar refractivity (Wildman–Crippen MR) is 116 cm³/mol. The van der Waals surface area contributed by atoms with Crippen LogP contribution in [0, 0.1) is 5.92 Å². The molecule has 3 rings (SSSR count). The number of anilines is 2. The highest BCUT2D eigenvalue weighted by Crippen LogP contribution is 2.21. The van der Waals surface area contributed by atoms with Crippen molar-refractivity contribution in [1.82, 2.24) is 19.2 Å². The van der Waals surface area contributed by atoms with Gasteiger partial charge in [-0.15, -0.1) is 0 Å². The number of hydrogen-bond donors (Lipinski definition) is 3. The van der Waals surface area contributed by atoms with Crippen LogP contribution in [0.1, 0.15) is 13.8 Å². The largest absolute Gasteiger partial charge is 0.390 e. The summed E-state index contributed by atoms with van der Waals surface area (Å²) in [4.78, 5) is 14.2. The Bertz CT molecular complexity index is 959. The lowest BCUT2D eigenvalue weighted by atomic mass is 10.2. The van der Waals surface area contributed by atoms with Gasteiger partial charge in [-0.2, -0.15) is 5.10 Å². The van der Waals surface area contributed by atoms with Gasteiger partial charge in [-0.25, -0.2) is 4.79 Å². The zero-order valence-electron chi connectivity index (χ0n) is 17.5. The Labute approximate surface area is 171 Å². The molecular weight excluding hydrogens is 368 g/mol. The molecule has 1 atom stereocenters. The van der Waals surface area contributed by atoms with Gasteiger partial charge in [0.1, 0.15) is 0 Å². The van der Waals surface area contributed by atoms with E-state index in [0.717, 1.165) is 23.1 Å². The van der Waals surface area contributed by atoms with E-state index in [0.29, 0.717) is 24.7 Å². The third kappa shape index (κ3) is 5.82. The monoisotopic (exact) mass is 398 g/mol. The van der Waals surface area contributed by atoms with Crippen molar-refractivity contribution in [3.05, 3.63) is 42.9 Å². The van der Waals surface area contributed by atoms with E-state index in [9.17, 15) is 9.90 Å². The van der Waals surface area contributed by atoms with Gasteiger partial charge in [0.15, 0.2) is 0 Å². The number of aliphatic hydroxyl groups excluding tert-OH is 1. The average molecular weight is 399 g/mol. The highest BCUT2D eigenvalue weighted by atomic mass is 16.3. The lowest BCUT2D eigenvalue weighted by Gasteiger charge is -2.15. The lowest BCUT2D eigenvalue weighted by Crippen LogP contribution is -2.29. The Morgan fingerprint density at radius 1 is 1.17 bits per heavy atom. The maximum Gasteiger partial charge on any atom is 0.323 e. The van der Waals surface area contributed by atoms with E-state index >= 15 is 0 Å². The number of aliphatic hydroxyl groups is 1. The number of nitrogens with one attached hydrogen (secondary N) is 2. The van der Waals surface area contributed by atoms with Crippen LogP contribution in [0.2, 0.25) is 0 Å². The number of aromatic nitrogens is 3. The second-order valence-electron chi connectivity index (χ2n) is 8.08. The van der Waals surface area contributed by atoms with Crippen LogP contribution in [-0.4, -0.2) is 57.1 Å². The topological polar surface area (TPSA) is 87.3 Å². The SMILES string of the molecule is CC(C)Cn1ccc2cc(NC(=O)Nc3cnn(CC(O)CN(C)C)c3)ccc21. The van der Waals surface area contributed by atoms with E-state index in [2.05, 4.69) is 46.4 Å². The molecule has 1 aromatic carbocycles. The van der Waals surface area contributed by atoms with Crippen LogP contribution < -0.4 is 10.6 Å². The first kappa shape index (κ1) is 20.9.